The molecule has 0 saturated carbocycles. The monoisotopic (exact) mass is 557 g/mol. The van der Waals surface area contributed by atoms with Gasteiger partial charge >= 0.3 is 0 Å². The van der Waals surface area contributed by atoms with Crippen LogP contribution in [-0.4, -0.2) is 4.57 Å². The lowest BCUT2D eigenvalue weighted by Gasteiger charge is -2.34. The Morgan fingerprint density at radius 2 is 1.02 bits per heavy atom. The maximum Gasteiger partial charge on any atom is 0.0991 e. The molecule has 0 spiro atoms. The van der Waals surface area contributed by atoms with Gasteiger partial charge in [0.1, 0.15) is 0 Å². The summed E-state index contributed by atoms with van der Waals surface area (Å²) in [5.74, 6) is 0. The second-order valence-corrected chi connectivity index (χ2v) is 13.3. The molecule has 0 radical (unpaired) electrons. The molecule has 0 unspecified atom stereocenters. The zero-order valence-electron chi connectivity index (χ0n) is 25.7. The van der Waals surface area contributed by atoms with Crippen molar-refractivity contribution in [3.63, 3.8) is 0 Å². The Morgan fingerprint density at radius 3 is 1.47 bits per heavy atom. The molecule has 0 fully saturated rings. The average Bonchev–Trinajstić information content (AvgIpc) is 3.33. The fraction of sp³-hybridized carbons (Fsp3) is 0.200. The first-order valence-electron chi connectivity index (χ1n) is 14.7. The second-order valence-electron chi connectivity index (χ2n) is 13.3. The van der Waals surface area contributed by atoms with E-state index < -0.39 is 0 Å². The predicted molar refractivity (Wildman–Crippen MR) is 178 cm³/mol. The number of hydrogen-bond acceptors (Lipinski definition) is 2. The molecule has 0 amide bonds. The van der Waals surface area contributed by atoms with Crippen LogP contribution in [0.3, 0.4) is 0 Å². The summed E-state index contributed by atoms with van der Waals surface area (Å²) in [5.41, 5.74) is 11.3. The molecule has 0 atom stereocenters. The van der Waals surface area contributed by atoms with Gasteiger partial charge in [-0.3, -0.25) is 0 Å². The predicted octanol–water partition coefficient (Wildman–Crippen LogP) is 10.5. The van der Waals surface area contributed by atoms with Gasteiger partial charge in [-0.15, -0.1) is 0 Å². The van der Waals surface area contributed by atoms with Gasteiger partial charge in [-0.1, -0.05) is 102 Å². The van der Waals surface area contributed by atoms with Gasteiger partial charge in [0, 0.05) is 16.3 Å². The smallest absolute Gasteiger partial charge is 0.0991 e. The number of nitriles is 2. The van der Waals surface area contributed by atoms with Crippen LogP contribution in [0, 0.1) is 22.7 Å². The first-order valence-corrected chi connectivity index (χ1v) is 14.7. The standard InChI is InChI=1S/C40H35N3/c1-39(2,3)33-23-32(28-19-15-26(24-41)16-20-28)37(40(4,5)6)36(29-21-17-27(25-42)18-22-29)38(33)43-34-13-9-7-11-30(34)31-12-8-10-14-35(31)43/h7-23H,1-6H3. The van der Waals surface area contributed by atoms with E-state index in [2.05, 4.69) is 137 Å². The van der Waals surface area contributed by atoms with E-state index >= 15 is 0 Å². The van der Waals surface area contributed by atoms with E-state index in [9.17, 15) is 10.5 Å². The summed E-state index contributed by atoms with van der Waals surface area (Å²) in [6, 6.07) is 40.2. The molecule has 1 heterocycles. The van der Waals surface area contributed by atoms with E-state index in [1.165, 1.54) is 21.9 Å². The summed E-state index contributed by atoms with van der Waals surface area (Å²) in [4.78, 5) is 0. The lowest BCUT2D eigenvalue weighted by molar-refractivity contribution is 0.577. The molecule has 6 rings (SSSR count). The van der Waals surface area contributed by atoms with E-state index in [0.717, 1.165) is 39.0 Å². The molecule has 0 bridgehead atoms. The summed E-state index contributed by atoms with van der Waals surface area (Å²) in [6.45, 7) is 13.7. The number of nitrogens with zero attached hydrogens (tertiary/aromatic N) is 3. The van der Waals surface area contributed by atoms with Crippen molar-refractivity contribution in [2.24, 2.45) is 0 Å². The average molecular weight is 558 g/mol. The molecule has 0 aliphatic carbocycles. The molecule has 0 aliphatic heterocycles. The van der Waals surface area contributed by atoms with E-state index in [1.54, 1.807) is 0 Å². The number of hydrogen-bond donors (Lipinski definition) is 0. The fourth-order valence-corrected chi connectivity index (χ4v) is 6.36. The summed E-state index contributed by atoms with van der Waals surface area (Å²) >= 11 is 0. The molecule has 5 aromatic carbocycles. The lowest BCUT2D eigenvalue weighted by Crippen LogP contribution is -2.22. The number of fused-ring (bicyclic) bond motifs is 3. The SMILES string of the molecule is CC(C)(C)c1cc(-c2ccc(C#N)cc2)c(C(C)(C)C)c(-c2ccc(C#N)cc2)c1-n1c2ccccc2c2ccccc21. The van der Waals surface area contributed by atoms with Gasteiger partial charge in [0.2, 0.25) is 0 Å². The lowest BCUT2D eigenvalue weighted by atomic mass is 9.72. The van der Waals surface area contributed by atoms with Gasteiger partial charge in [-0.2, -0.15) is 10.5 Å². The zero-order chi connectivity index (χ0) is 30.5. The molecule has 6 aromatic rings. The summed E-state index contributed by atoms with van der Waals surface area (Å²) in [6.07, 6.45) is 0. The van der Waals surface area contributed by atoms with Crippen LogP contribution in [-0.2, 0) is 10.8 Å². The topological polar surface area (TPSA) is 52.5 Å². The molecule has 0 N–H and O–H groups in total. The highest BCUT2D eigenvalue weighted by atomic mass is 15.0. The van der Waals surface area contributed by atoms with Crippen molar-refractivity contribution in [3.8, 4) is 40.1 Å². The molecule has 43 heavy (non-hydrogen) atoms. The largest absolute Gasteiger partial charge is 0.308 e. The van der Waals surface area contributed by atoms with Crippen LogP contribution in [0.4, 0.5) is 0 Å². The minimum absolute atomic E-state index is 0.207. The van der Waals surface area contributed by atoms with E-state index in [0.29, 0.717) is 11.1 Å². The summed E-state index contributed by atoms with van der Waals surface area (Å²) in [7, 11) is 0. The van der Waals surface area contributed by atoms with Crippen LogP contribution in [0.2, 0.25) is 0 Å². The van der Waals surface area contributed by atoms with Gasteiger partial charge in [0.25, 0.3) is 0 Å². The number of rotatable bonds is 3. The van der Waals surface area contributed by atoms with Gasteiger partial charge in [-0.05, 0) is 81.1 Å². The van der Waals surface area contributed by atoms with E-state index in [4.69, 9.17) is 0 Å². The first-order chi connectivity index (χ1) is 20.5. The Bertz CT molecular complexity index is 2030. The number of para-hydroxylation sites is 2. The molecule has 3 nitrogen and oxygen atoms in total. The Kier molecular flexibility index (Phi) is 6.71. The molecule has 0 aliphatic rings. The molecule has 1 aromatic heterocycles. The van der Waals surface area contributed by atoms with Crippen LogP contribution in [0.25, 0.3) is 49.7 Å². The number of benzene rings is 5. The van der Waals surface area contributed by atoms with Gasteiger partial charge in [0.05, 0.1) is 40.0 Å². The molecule has 0 saturated heterocycles. The third-order valence-electron chi connectivity index (χ3n) is 8.29. The third-order valence-corrected chi connectivity index (χ3v) is 8.29. The molecule has 3 heteroatoms. The van der Waals surface area contributed by atoms with Crippen LogP contribution in [0.1, 0.15) is 63.8 Å². The molecule has 210 valence electrons. The highest BCUT2D eigenvalue weighted by Crippen LogP contribution is 2.49. The minimum Gasteiger partial charge on any atom is -0.308 e. The van der Waals surface area contributed by atoms with Crippen molar-refractivity contribution in [1.82, 2.24) is 4.57 Å². The quantitative estimate of drug-likeness (QED) is 0.217. The van der Waals surface area contributed by atoms with Crippen molar-refractivity contribution in [2.75, 3.05) is 0 Å². The van der Waals surface area contributed by atoms with Gasteiger partial charge in [0.15, 0.2) is 0 Å². The van der Waals surface area contributed by atoms with Crippen LogP contribution in [0.5, 0.6) is 0 Å². The van der Waals surface area contributed by atoms with Crippen molar-refractivity contribution < 1.29 is 0 Å². The van der Waals surface area contributed by atoms with Crippen LogP contribution >= 0.6 is 0 Å². The fourth-order valence-electron chi connectivity index (χ4n) is 6.36. The second kappa shape index (κ2) is 10.3. The Hall–Kier alpha value is -5.12. The first kappa shape index (κ1) is 28.0. The molecular formula is C40H35N3. The van der Waals surface area contributed by atoms with Gasteiger partial charge in [-0.25, -0.2) is 0 Å². The summed E-state index contributed by atoms with van der Waals surface area (Å²) < 4.78 is 2.45. The minimum atomic E-state index is -0.240. The highest BCUT2D eigenvalue weighted by Gasteiger charge is 2.33. The van der Waals surface area contributed by atoms with Gasteiger partial charge < -0.3 is 4.57 Å². The zero-order valence-corrected chi connectivity index (χ0v) is 25.7. The maximum atomic E-state index is 9.63. The normalized spacial score (nSPS) is 11.9. The Morgan fingerprint density at radius 1 is 0.558 bits per heavy atom. The van der Waals surface area contributed by atoms with E-state index in [-0.39, 0.29) is 10.8 Å². The molecular weight excluding hydrogens is 522 g/mol. The maximum absolute atomic E-state index is 9.63. The highest BCUT2D eigenvalue weighted by molar-refractivity contribution is 6.10. The van der Waals surface area contributed by atoms with Crippen molar-refractivity contribution >= 4 is 21.8 Å². The summed E-state index contributed by atoms with van der Waals surface area (Å²) in [5, 5.41) is 21.6. The van der Waals surface area contributed by atoms with E-state index in [1.807, 2.05) is 24.3 Å². The Balaban J connectivity index is 1.89. The third kappa shape index (κ3) is 4.78. The Labute approximate surface area is 254 Å². The van der Waals surface area contributed by atoms with Crippen LogP contribution in [0.15, 0.2) is 103 Å². The van der Waals surface area contributed by atoms with Crippen molar-refractivity contribution in [1.29, 1.82) is 10.5 Å². The van der Waals surface area contributed by atoms with Crippen molar-refractivity contribution in [2.45, 2.75) is 52.4 Å². The van der Waals surface area contributed by atoms with Crippen molar-refractivity contribution in [3.05, 3.63) is 125 Å². The van der Waals surface area contributed by atoms with Crippen LogP contribution < -0.4 is 0 Å². The number of aromatic nitrogens is 1.